The van der Waals surface area contributed by atoms with Gasteiger partial charge in [0.1, 0.15) is 11.9 Å². The van der Waals surface area contributed by atoms with E-state index in [0.29, 0.717) is 50.6 Å². The summed E-state index contributed by atoms with van der Waals surface area (Å²) in [6, 6.07) is 14.9. The third-order valence-electron chi connectivity index (χ3n) is 6.91. The van der Waals surface area contributed by atoms with Crippen LogP contribution in [0.1, 0.15) is 45.2 Å². The van der Waals surface area contributed by atoms with E-state index in [1.54, 1.807) is 11.0 Å². The van der Waals surface area contributed by atoms with Gasteiger partial charge in [-0.3, -0.25) is 14.5 Å². The molecule has 1 atom stereocenters. The molecule has 1 unspecified atom stereocenters. The molecule has 0 spiro atoms. The van der Waals surface area contributed by atoms with Crippen molar-refractivity contribution in [1.29, 1.82) is 0 Å². The van der Waals surface area contributed by atoms with Crippen molar-refractivity contribution in [3.63, 3.8) is 0 Å². The smallest absolute Gasteiger partial charge is 0.244 e. The standard InChI is InChI=1S/C27H35FN4O2/c1-4-29(5-2)27(34)26(21-9-7-6-8-10-21)31-17-15-30(16-18-31)25-14-13-23(19-24(25)28)32(20(3)33)22-11-12-22/h6-10,13-14,19,22,26H,4-5,11-12,15-18H2,1-3H3. The molecular formula is C27H35FN4O2. The molecule has 1 aliphatic heterocycles. The number of halogens is 1. The van der Waals surface area contributed by atoms with Crippen LogP contribution in [0.5, 0.6) is 0 Å². The van der Waals surface area contributed by atoms with Gasteiger partial charge >= 0.3 is 0 Å². The topological polar surface area (TPSA) is 47.1 Å². The highest BCUT2D eigenvalue weighted by Crippen LogP contribution is 2.34. The van der Waals surface area contributed by atoms with Gasteiger partial charge in [0.05, 0.1) is 5.69 Å². The normalized spacial score (nSPS) is 17.4. The van der Waals surface area contributed by atoms with E-state index in [9.17, 15) is 9.59 Å². The maximum atomic E-state index is 15.1. The zero-order valence-corrected chi connectivity index (χ0v) is 20.4. The van der Waals surface area contributed by atoms with Crippen LogP contribution in [0.25, 0.3) is 0 Å². The third-order valence-corrected chi connectivity index (χ3v) is 6.91. The van der Waals surface area contributed by atoms with Gasteiger partial charge in [0.25, 0.3) is 0 Å². The van der Waals surface area contributed by atoms with Crippen molar-refractivity contribution in [2.75, 3.05) is 49.1 Å². The quantitative estimate of drug-likeness (QED) is 0.588. The molecule has 1 aliphatic carbocycles. The summed E-state index contributed by atoms with van der Waals surface area (Å²) in [7, 11) is 0. The van der Waals surface area contributed by atoms with E-state index in [4.69, 9.17) is 0 Å². The van der Waals surface area contributed by atoms with Crippen LogP contribution in [0.15, 0.2) is 48.5 Å². The second-order valence-electron chi connectivity index (χ2n) is 9.10. The number of anilines is 2. The molecule has 1 saturated carbocycles. The molecule has 182 valence electrons. The highest BCUT2D eigenvalue weighted by Gasteiger charge is 2.34. The first kappa shape index (κ1) is 24.2. The maximum absolute atomic E-state index is 15.1. The summed E-state index contributed by atoms with van der Waals surface area (Å²) in [6.07, 6.45) is 1.94. The summed E-state index contributed by atoms with van der Waals surface area (Å²) in [5.41, 5.74) is 2.17. The maximum Gasteiger partial charge on any atom is 0.244 e. The van der Waals surface area contributed by atoms with Crippen molar-refractivity contribution in [2.45, 2.75) is 45.7 Å². The van der Waals surface area contributed by atoms with Gasteiger partial charge in [0.15, 0.2) is 0 Å². The number of carbonyl (C=O) groups excluding carboxylic acids is 2. The van der Waals surface area contributed by atoms with Crippen LogP contribution < -0.4 is 9.80 Å². The minimum atomic E-state index is -0.335. The Hall–Kier alpha value is -2.93. The van der Waals surface area contributed by atoms with Gasteiger partial charge in [-0.25, -0.2) is 4.39 Å². The van der Waals surface area contributed by atoms with Gasteiger partial charge in [-0.2, -0.15) is 0 Å². The SMILES string of the molecule is CCN(CC)C(=O)C(c1ccccc1)N1CCN(c2ccc(N(C(C)=O)C3CC3)cc2F)CC1. The van der Waals surface area contributed by atoms with Crippen LogP contribution >= 0.6 is 0 Å². The molecule has 0 N–H and O–H groups in total. The Kier molecular flexibility index (Phi) is 7.51. The minimum Gasteiger partial charge on any atom is -0.367 e. The number of likely N-dealkylation sites (N-methyl/N-ethyl adjacent to an activating group) is 1. The molecule has 2 aromatic rings. The molecule has 4 rings (SSSR count). The molecular weight excluding hydrogens is 431 g/mol. The monoisotopic (exact) mass is 466 g/mol. The van der Waals surface area contributed by atoms with Crippen LogP contribution in [0, 0.1) is 5.82 Å². The van der Waals surface area contributed by atoms with E-state index in [0.717, 1.165) is 18.4 Å². The molecule has 2 aromatic carbocycles. The molecule has 0 radical (unpaired) electrons. The third kappa shape index (κ3) is 5.09. The Morgan fingerprint density at radius 2 is 1.65 bits per heavy atom. The largest absolute Gasteiger partial charge is 0.367 e. The van der Waals surface area contributed by atoms with Crippen molar-refractivity contribution in [2.24, 2.45) is 0 Å². The minimum absolute atomic E-state index is 0.0481. The molecule has 7 heteroatoms. The number of carbonyl (C=O) groups is 2. The summed E-state index contributed by atoms with van der Waals surface area (Å²) in [5, 5.41) is 0. The highest BCUT2D eigenvalue weighted by atomic mass is 19.1. The van der Waals surface area contributed by atoms with Crippen molar-refractivity contribution < 1.29 is 14.0 Å². The van der Waals surface area contributed by atoms with Crippen molar-refractivity contribution >= 4 is 23.2 Å². The molecule has 0 aromatic heterocycles. The fraction of sp³-hybridized carbons (Fsp3) is 0.481. The first-order valence-corrected chi connectivity index (χ1v) is 12.4. The van der Waals surface area contributed by atoms with E-state index in [1.807, 2.05) is 60.0 Å². The average molecular weight is 467 g/mol. The Balaban J connectivity index is 1.49. The predicted molar refractivity (Wildman–Crippen MR) is 133 cm³/mol. The number of nitrogens with zero attached hydrogens (tertiary/aromatic N) is 4. The van der Waals surface area contributed by atoms with E-state index >= 15 is 4.39 Å². The van der Waals surface area contributed by atoms with Crippen LogP contribution in [0.4, 0.5) is 15.8 Å². The Labute approximate surface area is 201 Å². The molecule has 1 saturated heterocycles. The van der Waals surface area contributed by atoms with E-state index in [1.165, 1.54) is 13.0 Å². The Morgan fingerprint density at radius 3 is 2.18 bits per heavy atom. The lowest BCUT2D eigenvalue weighted by atomic mass is 10.0. The lowest BCUT2D eigenvalue weighted by molar-refractivity contribution is -0.137. The second kappa shape index (κ2) is 10.6. The van der Waals surface area contributed by atoms with Crippen LogP contribution in [-0.2, 0) is 9.59 Å². The lowest BCUT2D eigenvalue weighted by Gasteiger charge is -2.41. The van der Waals surface area contributed by atoms with Crippen molar-refractivity contribution in [3.8, 4) is 0 Å². The van der Waals surface area contributed by atoms with Crippen molar-refractivity contribution in [1.82, 2.24) is 9.80 Å². The molecule has 34 heavy (non-hydrogen) atoms. The Morgan fingerprint density at radius 1 is 1.00 bits per heavy atom. The number of piperazine rings is 1. The molecule has 1 heterocycles. The number of hydrogen-bond donors (Lipinski definition) is 0. The molecule has 0 bridgehead atoms. The molecule has 2 amide bonds. The van der Waals surface area contributed by atoms with Crippen LogP contribution in [0.3, 0.4) is 0 Å². The fourth-order valence-electron chi connectivity index (χ4n) is 4.96. The summed E-state index contributed by atoms with van der Waals surface area (Å²) in [6.45, 7) is 9.47. The molecule has 6 nitrogen and oxygen atoms in total. The first-order chi connectivity index (χ1) is 16.4. The van der Waals surface area contributed by atoms with E-state index in [2.05, 4.69) is 4.90 Å². The zero-order chi connectivity index (χ0) is 24.2. The van der Waals surface area contributed by atoms with Gasteiger partial charge < -0.3 is 14.7 Å². The summed E-state index contributed by atoms with van der Waals surface area (Å²) in [5.74, 6) is -0.241. The number of hydrogen-bond acceptors (Lipinski definition) is 4. The molecule has 2 fully saturated rings. The Bertz CT molecular complexity index is 999. The van der Waals surface area contributed by atoms with Crippen LogP contribution in [0.2, 0.25) is 0 Å². The van der Waals surface area contributed by atoms with E-state index < -0.39 is 0 Å². The van der Waals surface area contributed by atoms with Gasteiger partial charge in [-0.05, 0) is 50.5 Å². The van der Waals surface area contributed by atoms with Crippen LogP contribution in [-0.4, -0.2) is 66.9 Å². The summed E-state index contributed by atoms with van der Waals surface area (Å²) in [4.78, 5) is 33.3. The highest BCUT2D eigenvalue weighted by molar-refractivity contribution is 5.93. The second-order valence-corrected chi connectivity index (χ2v) is 9.10. The van der Waals surface area contributed by atoms with Gasteiger partial charge in [-0.1, -0.05) is 30.3 Å². The van der Waals surface area contributed by atoms with E-state index in [-0.39, 0.29) is 29.7 Å². The average Bonchev–Trinajstić information content (AvgIpc) is 3.66. The fourth-order valence-corrected chi connectivity index (χ4v) is 4.96. The van der Waals surface area contributed by atoms with Gasteiger partial charge in [-0.15, -0.1) is 0 Å². The lowest BCUT2D eigenvalue weighted by Crippen LogP contribution is -2.52. The number of benzene rings is 2. The van der Waals surface area contributed by atoms with Gasteiger partial charge in [0, 0.05) is 57.9 Å². The first-order valence-electron chi connectivity index (χ1n) is 12.4. The van der Waals surface area contributed by atoms with Crippen molar-refractivity contribution in [3.05, 3.63) is 59.9 Å². The molecule has 2 aliphatic rings. The zero-order valence-electron chi connectivity index (χ0n) is 20.4. The van der Waals surface area contributed by atoms with Gasteiger partial charge in [0.2, 0.25) is 11.8 Å². The number of rotatable bonds is 8. The number of amides is 2. The summed E-state index contributed by atoms with van der Waals surface area (Å²) >= 11 is 0. The predicted octanol–water partition coefficient (Wildman–Crippen LogP) is 4.07. The summed E-state index contributed by atoms with van der Waals surface area (Å²) < 4.78 is 15.1.